The molecule has 0 radical (unpaired) electrons. The molecule has 2 atom stereocenters. The van der Waals surface area contributed by atoms with Crippen molar-refractivity contribution in [2.75, 3.05) is 6.54 Å². The van der Waals surface area contributed by atoms with Crippen molar-refractivity contribution in [1.82, 2.24) is 15.5 Å². The molecule has 21 heavy (non-hydrogen) atoms. The number of aliphatic hydroxyl groups is 1. The largest absolute Gasteiger partial charge is 0.463 e. The van der Waals surface area contributed by atoms with E-state index >= 15 is 0 Å². The van der Waals surface area contributed by atoms with E-state index in [1.807, 2.05) is 0 Å². The van der Waals surface area contributed by atoms with Gasteiger partial charge in [0.25, 0.3) is 5.91 Å². The zero-order chi connectivity index (χ0) is 14.7. The van der Waals surface area contributed by atoms with Crippen LogP contribution < -0.4 is 5.32 Å². The number of amides is 1. The van der Waals surface area contributed by atoms with Gasteiger partial charge in [0.05, 0.1) is 12.4 Å². The highest BCUT2D eigenvalue weighted by Crippen LogP contribution is 2.23. The first-order valence-electron chi connectivity index (χ1n) is 7.28. The number of rotatable bonds is 4. The van der Waals surface area contributed by atoms with Crippen molar-refractivity contribution in [1.29, 1.82) is 0 Å². The van der Waals surface area contributed by atoms with Crippen LogP contribution in [0.3, 0.4) is 0 Å². The quantitative estimate of drug-likeness (QED) is 0.802. The van der Waals surface area contributed by atoms with Crippen molar-refractivity contribution >= 4 is 5.91 Å². The first-order valence-corrected chi connectivity index (χ1v) is 7.28. The number of hydrogen-bond acceptors (Lipinski definition) is 4. The minimum absolute atomic E-state index is 0.205. The van der Waals surface area contributed by atoms with Gasteiger partial charge in [-0.2, -0.15) is 5.10 Å². The third-order valence-electron chi connectivity index (χ3n) is 3.90. The summed E-state index contributed by atoms with van der Waals surface area (Å²) in [6, 6.07) is 5.26. The van der Waals surface area contributed by atoms with Crippen molar-refractivity contribution in [2.24, 2.45) is 5.92 Å². The fourth-order valence-corrected chi connectivity index (χ4v) is 2.77. The molecule has 0 saturated heterocycles. The van der Waals surface area contributed by atoms with E-state index in [9.17, 15) is 9.90 Å². The fraction of sp³-hybridized carbons (Fsp3) is 0.467. The Morgan fingerprint density at radius 1 is 1.52 bits per heavy atom. The number of nitrogens with one attached hydrogen (secondary N) is 2. The molecule has 1 saturated carbocycles. The lowest BCUT2D eigenvalue weighted by Crippen LogP contribution is -2.33. The van der Waals surface area contributed by atoms with Crippen molar-refractivity contribution in [2.45, 2.75) is 31.8 Å². The molecule has 0 aromatic carbocycles. The molecule has 2 aromatic rings. The Morgan fingerprint density at radius 2 is 2.43 bits per heavy atom. The third kappa shape index (κ3) is 3.33. The Balaban J connectivity index is 1.56. The topological polar surface area (TPSA) is 91.1 Å². The number of furan rings is 1. The molecule has 0 bridgehead atoms. The zero-order valence-electron chi connectivity index (χ0n) is 11.7. The second kappa shape index (κ2) is 6.13. The highest BCUT2D eigenvalue weighted by atomic mass is 16.3. The van der Waals surface area contributed by atoms with Gasteiger partial charge in [0.1, 0.15) is 5.69 Å². The van der Waals surface area contributed by atoms with Gasteiger partial charge >= 0.3 is 0 Å². The van der Waals surface area contributed by atoms with Crippen molar-refractivity contribution in [3.8, 4) is 11.5 Å². The molecule has 6 heteroatoms. The summed E-state index contributed by atoms with van der Waals surface area (Å²) in [5.41, 5.74) is 1.02. The third-order valence-corrected chi connectivity index (χ3v) is 3.90. The standard InChI is InChI=1S/C15H19N3O3/c19-11-4-1-3-10(7-11)9-16-15(20)13-8-12(17-18-13)14-5-2-6-21-14/h2,5-6,8,10-11,19H,1,3-4,7,9H2,(H,16,20)(H,17,18). The molecule has 2 unspecified atom stereocenters. The van der Waals surface area contributed by atoms with Gasteiger partial charge in [-0.3, -0.25) is 9.89 Å². The first-order chi connectivity index (χ1) is 10.2. The van der Waals surface area contributed by atoms with E-state index in [1.165, 1.54) is 0 Å². The van der Waals surface area contributed by atoms with Crippen LogP contribution in [0.4, 0.5) is 0 Å². The summed E-state index contributed by atoms with van der Waals surface area (Å²) in [4.78, 5) is 12.1. The lowest BCUT2D eigenvalue weighted by Gasteiger charge is -2.25. The molecule has 3 N–H and O–H groups in total. The van der Waals surface area contributed by atoms with Gasteiger partial charge in [-0.25, -0.2) is 0 Å². The molecule has 2 heterocycles. The maximum absolute atomic E-state index is 12.1. The van der Waals surface area contributed by atoms with Crippen LogP contribution in [0, 0.1) is 5.92 Å². The van der Waals surface area contributed by atoms with Crippen LogP contribution in [0.2, 0.25) is 0 Å². The average Bonchev–Trinajstić information content (AvgIpc) is 3.15. The molecule has 1 aliphatic rings. The molecule has 112 valence electrons. The second-order valence-electron chi connectivity index (χ2n) is 5.54. The van der Waals surface area contributed by atoms with Gasteiger partial charge in [-0.1, -0.05) is 6.42 Å². The van der Waals surface area contributed by atoms with Crippen LogP contribution in [0.5, 0.6) is 0 Å². The summed E-state index contributed by atoms with van der Waals surface area (Å²) in [5.74, 6) is 0.794. The van der Waals surface area contributed by atoms with Crippen LogP contribution in [-0.2, 0) is 0 Å². The molecule has 0 spiro atoms. The fourth-order valence-electron chi connectivity index (χ4n) is 2.77. The van der Waals surface area contributed by atoms with Gasteiger partial charge in [0.15, 0.2) is 11.5 Å². The molecular formula is C15H19N3O3. The number of aromatic amines is 1. The van der Waals surface area contributed by atoms with Gasteiger partial charge in [0, 0.05) is 12.6 Å². The van der Waals surface area contributed by atoms with E-state index in [1.54, 1.807) is 24.5 Å². The molecule has 1 amide bonds. The SMILES string of the molecule is O=C(NCC1CCCC(O)C1)c1cc(-c2ccco2)[nH]n1. The van der Waals surface area contributed by atoms with Gasteiger partial charge in [-0.15, -0.1) is 0 Å². The number of carbonyl (C=O) groups is 1. The molecule has 1 aliphatic carbocycles. The minimum atomic E-state index is -0.225. The van der Waals surface area contributed by atoms with Gasteiger partial charge < -0.3 is 14.8 Å². The Hall–Kier alpha value is -2.08. The number of aromatic nitrogens is 2. The smallest absolute Gasteiger partial charge is 0.271 e. The Morgan fingerprint density at radius 3 is 3.19 bits per heavy atom. The second-order valence-corrected chi connectivity index (χ2v) is 5.54. The number of carbonyl (C=O) groups excluding carboxylic acids is 1. The average molecular weight is 289 g/mol. The van der Waals surface area contributed by atoms with E-state index in [0.717, 1.165) is 25.7 Å². The summed E-state index contributed by atoms with van der Waals surface area (Å²) in [5, 5.41) is 19.3. The number of H-pyrrole nitrogens is 1. The van der Waals surface area contributed by atoms with E-state index < -0.39 is 0 Å². The lowest BCUT2D eigenvalue weighted by molar-refractivity contribution is 0.0870. The van der Waals surface area contributed by atoms with Gasteiger partial charge in [0.2, 0.25) is 0 Å². The van der Waals surface area contributed by atoms with Crippen LogP contribution >= 0.6 is 0 Å². The summed E-state index contributed by atoms with van der Waals surface area (Å²) >= 11 is 0. The number of nitrogens with zero attached hydrogens (tertiary/aromatic N) is 1. The van der Waals surface area contributed by atoms with E-state index in [0.29, 0.717) is 29.6 Å². The van der Waals surface area contributed by atoms with Crippen molar-refractivity contribution in [3.05, 3.63) is 30.2 Å². The number of hydrogen-bond donors (Lipinski definition) is 3. The van der Waals surface area contributed by atoms with E-state index in [4.69, 9.17) is 4.42 Å². The maximum atomic E-state index is 12.1. The highest BCUT2D eigenvalue weighted by Gasteiger charge is 2.21. The summed E-state index contributed by atoms with van der Waals surface area (Å²) in [7, 11) is 0. The molecule has 3 rings (SSSR count). The summed E-state index contributed by atoms with van der Waals surface area (Å²) in [6.45, 7) is 0.582. The molecule has 6 nitrogen and oxygen atoms in total. The molecule has 2 aromatic heterocycles. The molecule has 1 fully saturated rings. The minimum Gasteiger partial charge on any atom is -0.463 e. The van der Waals surface area contributed by atoms with E-state index in [2.05, 4.69) is 15.5 Å². The predicted molar refractivity (Wildman–Crippen MR) is 76.6 cm³/mol. The van der Waals surface area contributed by atoms with Crippen LogP contribution in [-0.4, -0.2) is 33.9 Å². The Bertz CT molecular complexity index is 591. The molecule has 0 aliphatic heterocycles. The van der Waals surface area contributed by atoms with E-state index in [-0.39, 0.29) is 12.0 Å². The lowest BCUT2D eigenvalue weighted by atomic mass is 9.87. The van der Waals surface area contributed by atoms with Gasteiger partial charge in [-0.05, 0) is 37.3 Å². The summed E-state index contributed by atoms with van der Waals surface area (Å²) in [6.07, 6.45) is 5.05. The maximum Gasteiger partial charge on any atom is 0.271 e. The van der Waals surface area contributed by atoms with Crippen LogP contribution in [0.15, 0.2) is 28.9 Å². The molecular weight excluding hydrogens is 270 g/mol. The van der Waals surface area contributed by atoms with Crippen LogP contribution in [0.1, 0.15) is 36.2 Å². The van der Waals surface area contributed by atoms with Crippen molar-refractivity contribution < 1.29 is 14.3 Å². The Kier molecular flexibility index (Phi) is 4.06. The normalized spacial score (nSPS) is 22.1. The predicted octanol–water partition coefficient (Wildman–Crippen LogP) is 1.95. The van der Waals surface area contributed by atoms with Crippen LogP contribution in [0.25, 0.3) is 11.5 Å². The first kappa shape index (κ1) is 13.9. The Labute approximate surface area is 122 Å². The van der Waals surface area contributed by atoms with Crippen molar-refractivity contribution in [3.63, 3.8) is 0 Å². The monoisotopic (exact) mass is 289 g/mol. The highest BCUT2D eigenvalue weighted by molar-refractivity contribution is 5.93. The summed E-state index contributed by atoms with van der Waals surface area (Å²) < 4.78 is 5.25. The zero-order valence-corrected chi connectivity index (χ0v) is 11.7. The number of aliphatic hydroxyl groups excluding tert-OH is 1.